The van der Waals surface area contributed by atoms with Gasteiger partial charge in [0.05, 0.1) is 46.8 Å². The molecule has 1 amide bonds. The average Bonchev–Trinajstić information content (AvgIpc) is 1.36. The summed E-state index contributed by atoms with van der Waals surface area (Å²) < 4.78 is 100. The third-order valence-corrected chi connectivity index (χ3v) is 34.2. The second-order valence-corrected chi connectivity index (χ2v) is 46.4. The van der Waals surface area contributed by atoms with Gasteiger partial charge in [-0.05, 0) is 128 Å². The molecule has 122 heavy (non-hydrogen) atoms. The number of benzene rings is 4. The average molecular weight is 1740 g/mol. The van der Waals surface area contributed by atoms with Crippen molar-refractivity contribution in [2.24, 2.45) is 5.92 Å². The summed E-state index contributed by atoms with van der Waals surface area (Å²) in [6, 6.07) is 28.3. The van der Waals surface area contributed by atoms with E-state index in [1.807, 2.05) is 136 Å². The van der Waals surface area contributed by atoms with Crippen LogP contribution in [0.3, 0.4) is 0 Å². The molecule has 9 atom stereocenters. The fraction of sp³-hybridized carbons (Fsp3) is 0.582. The number of aryl methyl sites for hydroxylation is 1. The van der Waals surface area contributed by atoms with Crippen LogP contribution < -0.4 is 36.3 Å². The maximum atomic E-state index is 16.8. The Morgan fingerprint density at radius 3 is 1.70 bits per heavy atom. The molecule has 666 valence electrons. The topological polar surface area (TPSA) is 320 Å². The molecule has 2 N–H and O–H groups in total. The number of fused-ring (bicyclic) bond motifs is 1. The van der Waals surface area contributed by atoms with Crippen molar-refractivity contribution in [3.8, 4) is 17.2 Å². The summed E-state index contributed by atoms with van der Waals surface area (Å²) in [7, 11) is -8.54. The number of anilines is 1. The van der Waals surface area contributed by atoms with Crippen molar-refractivity contribution in [3.05, 3.63) is 186 Å². The minimum atomic E-state index is -5.33. The number of esters is 1. The Bertz CT molecular complexity index is 4870. The molecule has 3 aromatic heterocycles. The van der Waals surface area contributed by atoms with Gasteiger partial charge in [-0.1, -0.05) is 213 Å². The first kappa shape index (κ1) is 97.2. The Morgan fingerprint density at radius 2 is 1.18 bits per heavy atom. The first-order valence-electron chi connectivity index (χ1n) is 43.1. The summed E-state index contributed by atoms with van der Waals surface area (Å²) in [6.45, 7) is 36.4. The molecule has 2 aliphatic heterocycles. The van der Waals surface area contributed by atoms with Crippen molar-refractivity contribution >= 4 is 65.1 Å². The van der Waals surface area contributed by atoms with Crippen molar-refractivity contribution in [3.63, 3.8) is 0 Å². The Hall–Kier alpha value is -8.58. The number of imidazole rings is 1. The quantitative estimate of drug-likeness (QED) is 0.00894. The van der Waals surface area contributed by atoms with Crippen molar-refractivity contribution < 1.29 is 79.3 Å². The number of carbonyl (C=O) groups excluding carboxylic acids is 4. The zero-order chi connectivity index (χ0) is 88.9. The summed E-state index contributed by atoms with van der Waals surface area (Å²) >= 11 is 0. The molecule has 7 aromatic rings. The van der Waals surface area contributed by atoms with Crippen molar-refractivity contribution in [2.75, 3.05) is 52.5 Å². The van der Waals surface area contributed by atoms with E-state index in [9.17, 15) is 24.0 Å². The van der Waals surface area contributed by atoms with E-state index < -0.39 is 156 Å². The van der Waals surface area contributed by atoms with E-state index >= 15 is 14.2 Å². The highest BCUT2D eigenvalue weighted by molar-refractivity contribution is 7.48. The van der Waals surface area contributed by atoms with Gasteiger partial charge < -0.3 is 51.6 Å². The predicted molar refractivity (Wildman–Crippen MR) is 473 cm³/mol. The SMILES string of the molecule is [C-]#[N+]CCOP(=O)(OC[C@H]1O[C@@H](n2ccc(=O)n(C(=O)c3cc(C)c(C)c(OCCCCCCCCCCCCCCCCCC)c3)c2=O)[C@@H](O[Si](C)(C)C(C)(C)C)C1OC(=O)CCC(C)=O)OC1[C@@H](COC(c2ccccc2)(c2ccc(OC)cc2)c2ccc(OC)cc2)O[C@@H](n2cnc3c(=O)[nH]c(NC(=O)C(C)C)nc32)[C@H]1O[Si](C)(C)C(C)(C)C. The van der Waals surface area contributed by atoms with E-state index in [0.29, 0.717) is 50.7 Å². The molecule has 3 unspecified atom stereocenters. The molecule has 0 spiro atoms. The van der Waals surface area contributed by atoms with Crippen molar-refractivity contribution in [1.29, 1.82) is 0 Å². The molecule has 9 rings (SSSR count). The molecule has 28 nitrogen and oxygen atoms in total. The molecule has 0 saturated carbocycles. The Kier molecular flexibility index (Phi) is 34.9. The van der Waals surface area contributed by atoms with Gasteiger partial charge in [-0.3, -0.25) is 57.0 Å². The number of carbonyl (C=O) groups is 4. The Balaban J connectivity index is 1.11. The van der Waals surface area contributed by atoms with E-state index in [4.69, 9.17) is 67.1 Å². The predicted octanol–water partition coefficient (Wildman–Crippen LogP) is 18.0. The molecule has 31 heteroatoms. The van der Waals surface area contributed by atoms with Gasteiger partial charge in [0.2, 0.25) is 18.4 Å². The number of phosphoric acid groups is 1. The molecule has 5 heterocycles. The van der Waals surface area contributed by atoms with Gasteiger partial charge in [-0.15, -0.1) is 0 Å². The number of hydrogen-bond donors (Lipinski definition) is 2. The molecule has 0 bridgehead atoms. The summed E-state index contributed by atoms with van der Waals surface area (Å²) in [4.78, 5) is 115. The highest BCUT2D eigenvalue weighted by Gasteiger charge is 2.58. The van der Waals surface area contributed by atoms with E-state index in [1.54, 1.807) is 58.4 Å². The maximum Gasteiger partial charge on any atom is 0.475 e. The van der Waals surface area contributed by atoms with Crippen LogP contribution in [0.15, 0.2) is 124 Å². The standard InChI is InChI=1S/C91H129N8O20PSi2/c1-20-21-22-23-24-25-26-27-28-29-30-31-32-33-34-38-54-110-71-57-65(56-62(4)64(71)6)84(105)99-74(101)51-53-97(88(99)106)85-79(118-121(16,17)89(7,8)9)77(116-75(102)50-41-63(5)100)73(115-85)59-113-120(107,112-55-52-92-13)117-78-72(58-111-91(66-39-36-35-37-40-66,67-42-46-69(108-14)47-43-67)68-44-48-70(109-15)49-45-68)114-86(80(78)119-122(18,19)90(10,11)12)98-60-93-76-81(98)94-87(96-83(76)104)95-82(103)61(2)3/h35-37,39-40,42-49,51,53,56-57,60-61,72-73,77-80,85-86H,20-34,38,41,50,52,54-55,58-59H2,1-12,14-19H3,(H2,94,95,96,103,104)/t72-,73-,77?,78?,79+,80+,85-,86-,120?/m1/s1. The number of rotatable bonds is 47. The van der Waals surface area contributed by atoms with Gasteiger partial charge in [-0.2, -0.15) is 9.55 Å². The normalized spacial score (nSPS) is 18.9. The second kappa shape index (κ2) is 43.8. The first-order chi connectivity index (χ1) is 57.9. The van der Waals surface area contributed by atoms with E-state index in [0.717, 1.165) is 48.1 Å². The van der Waals surface area contributed by atoms with Gasteiger partial charge in [-0.25, -0.2) is 20.9 Å². The van der Waals surface area contributed by atoms with Gasteiger partial charge in [0, 0.05) is 30.2 Å². The molecule has 0 radical (unpaired) electrons. The molecular weight excluding hydrogens is 1610 g/mol. The minimum absolute atomic E-state index is 0.00721. The van der Waals surface area contributed by atoms with Crippen LogP contribution in [0.1, 0.15) is 235 Å². The number of methoxy groups -OCH3 is 2. The minimum Gasteiger partial charge on any atom is -0.497 e. The van der Waals surface area contributed by atoms with Crippen LogP contribution >= 0.6 is 7.82 Å². The van der Waals surface area contributed by atoms with Gasteiger partial charge in [0.25, 0.3) is 17.0 Å². The number of aromatic amines is 1. The number of ketones is 1. The van der Waals surface area contributed by atoms with Crippen LogP contribution in [0.25, 0.3) is 16.0 Å². The Morgan fingerprint density at radius 1 is 0.656 bits per heavy atom. The number of H-pyrrole nitrogens is 1. The number of hydrogen-bond acceptors (Lipinski definition) is 22. The number of Topliss-reactive ketones (excluding diaryl/α,β-unsaturated/α-hetero) is 1. The lowest BCUT2D eigenvalue weighted by molar-refractivity contribution is -0.156. The van der Waals surface area contributed by atoms with Gasteiger partial charge in [0.15, 0.2) is 46.4 Å². The molecule has 2 aliphatic rings. The molecular formula is C91H129N8O20PSi2. The smallest absolute Gasteiger partial charge is 0.475 e. The number of nitrogens with one attached hydrogen (secondary N) is 2. The summed E-state index contributed by atoms with van der Waals surface area (Å²) in [5.74, 6) is -1.82. The largest absolute Gasteiger partial charge is 0.497 e. The first-order valence-corrected chi connectivity index (χ1v) is 50.3. The number of phosphoric ester groups is 1. The highest BCUT2D eigenvalue weighted by Crippen LogP contribution is 2.56. The summed E-state index contributed by atoms with van der Waals surface area (Å²) in [5, 5.41) is 1.53. The number of amides is 1. The van der Waals surface area contributed by atoms with E-state index in [-0.39, 0.29) is 41.4 Å². The fourth-order valence-electron chi connectivity index (χ4n) is 14.4. The highest BCUT2D eigenvalue weighted by atomic mass is 31.2. The van der Waals surface area contributed by atoms with Crippen molar-refractivity contribution in [2.45, 2.75) is 290 Å². The zero-order valence-corrected chi connectivity index (χ0v) is 77.5. The third kappa shape index (κ3) is 24.7. The zero-order valence-electron chi connectivity index (χ0n) is 74.6. The fourth-order valence-corrected chi connectivity index (χ4v) is 18.4. The summed E-state index contributed by atoms with van der Waals surface area (Å²) in [6.07, 6.45) is 9.21. The molecule has 2 fully saturated rings. The van der Waals surface area contributed by atoms with E-state index in [1.165, 1.54) is 101 Å². The van der Waals surface area contributed by atoms with Crippen LogP contribution in [0.2, 0.25) is 36.3 Å². The monoisotopic (exact) mass is 1740 g/mol. The lowest BCUT2D eigenvalue weighted by Gasteiger charge is -2.41. The lowest BCUT2D eigenvalue weighted by Crippen LogP contribution is -2.51. The van der Waals surface area contributed by atoms with Crippen LogP contribution in [-0.4, -0.2) is 153 Å². The molecule has 4 aromatic carbocycles. The number of nitrogens with zero attached hydrogens (tertiary/aromatic N) is 6. The van der Waals surface area contributed by atoms with Crippen LogP contribution in [0.5, 0.6) is 17.2 Å². The van der Waals surface area contributed by atoms with Crippen LogP contribution in [0.4, 0.5) is 5.95 Å². The van der Waals surface area contributed by atoms with Gasteiger partial charge in [0.1, 0.15) is 65.8 Å². The maximum absolute atomic E-state index is 16.8. The van der Waals surface area contributed by atoms with Gasteiger partial charge >= 0.3 is 19.5 Å². The van der Waals surface area contributed by atoms with Crippen molar-refractivity contribution in [1.82, 2.24) is 28.7 Å². The third-order valence-electron chi connectivity index (χ3n) is 23.8. The molecule has 2 saturated heterocycles. The second-order valence-electron chi connectivity index (χ2n) is 35.3. The summed E-state index contributed by atoms with van der Waals surface area (Å²) in [5.41, 5.74) is -1.23. The Labute approximate surface area is 720 Å². The van der Waals surface area contributed by atoms with E-state index in [2.05, 4.69) is 27.1 Å². The number of aromatic nitrogens is 6. The molecule has 0 aliphatic carbocycles. The number of ether oxygens (including phenoxy) is 7. The van der Waals surface area contributed by atoms with Crippen LogP contribution in [0, 0.1) is 26.3 Å². The van der Waals surface area contributed by atoms with Crippen LogP contribution in [-0.2, 0) is 65.9 Å². The number of unbranched alkanes of at least 4 members (excludes halogenated alkanes) is 15. The lowest BCUT2D eigenvalue weighted by atomic mass is 9.80.